The fourth-order valence-electron chi connectivity index (χ4n) is 4.39. The second-order valence-corrected chi connectivity index (χ2v) is 11.8. The number of nitrogens with zero attached hydrogens (tertiary/aromatic N) is 2. The van der Waals surface area contributed by atoms with E-state index in [2.05, 4.69) is 12.2 Å². The van der Waals surface area contributed by atoms with E-state index in [0.717, 1.165) is 19.1 Å². The summed E-state index contributed by atoms with van der Waals surface area (Å²) in [4.78, 5) is 20.6. The number of anilines is 1. The second kappa shape index (κ2) is 41.5. The summed E-state index contributed by atoms with van der Waals surface area (Å²) in [5.74, 6) is 0. The Balaban J connectivity index is 1.68. The summed E-state index contributed by atoms with van der Waals surface area (Å²) in [5.41, 5.74) is -0.529. The Hall–Kier alpha value is -2.70. The molecule has 20 heteroatoms. The van der Waals surface area contributed by atoms with Gasteiger partial charge in [-0.15, -0.1) is 0 Å². The van der Waals surface area contributed by atoms with Gasteiger partial charge in [-0.1, -0.05) is 19.8 Å². The van der Waals surface area contributed by atoms with Crippen LogP contribution in [0, 0.1) is 20.2 Å². The van der Waals surface area contributed by atoms with E-state index >= 15 is 0 Å². The zero-order chi connectivity index (χ0) is 41.1. The summed E-state index contributed by atoms with van der Waals surface area (Å²) >= 11 is 0. The zero-order valence-electron chi connectivity index (χ0n) is 33.8. The van der Waals surface area contributed by atoms with Crippen LogP contribution in [0.1, 0.15) is 26.2 Å². The van der Waals surface area contributed by atoms with E-state index in [9.17, 15) is 20.2 Å². The van der Waals surface area contributed by atoms with Crippen LogP contribution < -0.4 is 5.32 Å². The number of hydrogen-bond acceptors (Lipinski definition) is 18. The first-order valence-corrected chi connectivity index (χ1v) is 19.7. The summed E-state index contributed by atoms with van der Waals surface area (Å²) < 4.78 is 71.1. The Kier molecular flexibility index (Phi) is 38.1. The third kappa shape index (κ3) is 35.0. The van der Waals surface area contributed by atoms with Crippen LogP contribution in [-0.2, 0) is 61.6 Å². The first kappa shape index (κ1) is 52.3. The van der Waals surface area contributed by atoms with Gasteiger partial charge in [-0.25, -0.2) is 0 Å². The summed E-state index contributed by atoms with van der Waals surface area (Å²) in [7, 11) is 0. The lowest BCUT2D eigenvalue weighted by Gasteiger charge is -2.09. The summed E-state index contributed by atoms with van der Waals surface area (Å²) in [6.45, 7) is 15.0. The Morgan fingerprint density at radius 2 is 0.719 bits per heavy atom. The molecule has 0 spiro atoms. The number of rotatable bonds is 46. The molecule has 0 aliphatic carbocycles. The quantitative estimate of drug-likeness (QED) is 0.0566. The van der Waals surface area contributed by atoms with Gasteiger partial charge in [0.2, 0.25) is 0 Å². The molecule has 0 saturated heterocycles. The normalized spacial score (nSPS) is 11.4. The maximum absolute atomic E-state index is 11.2. The summed E-state index contributed by atoms with van der Waals surface area (Å²) in [5, 5.41) is 24.8. The van der Waals surface area contributed by atoms with Crippen LogP contribution in [0.4, 0.5) is 17.1 Å². The van der Waals surface area contributed by atoms with Crippen molar-refractivity contribution in [1.82, 2.24) is 0 Å². The molecule has 0 saturated carbocycles. The van der Waals surface area contributed by atoms with Crippen LogP contribution in [0.15, 0.2) is 18.2 Å². The fourth-order valence-corrected chi connectivity index (χ4v) is 4.39. The van der Waals surface area contributed by atoms with Crippen molar-refractivity contribution in [2.24, 2.45) is 0 Å². The number of unbranched alkanes of at least 4 members (excludes halogenated alkanes) is 2. The fraction of sp³-hybridized carbons (Fsp3) is 0.838. The highest BCUT2D eigenvalue weighted by Crippen LogP contribution is 2.28. The van der Waals surface area contributed by atoms with Gasteiger partial charge in [-0.2, -0.15) is 0 Å². The Morgan fingerprint density at radius 1 is 0.421 bits per heavy atom. The highest BCUT2D eigenvalue weighted by atomic mass is 16.6. The van der Waals surface area contributed by atoms with E-state index in [4.69, 9.17) is 61.6 Å². The molecule has 0 heterocycles. The molecule has 0 atom stereocenters. The van der Waals surface area contributed by atoms with Gasteiger partial charge in [0.1, 0.15) is 5.69 Å². The lowest BCUT2D eigenvalue weighted by atomic mass is 10.2. The first-order chi connectivity index (χ1) is 28.1. The molecule has 1 aromatic carbocycles. The Morgan fingerprint density at radius 3 is 1.00 bits per heavy atom. The topological polar surface area (TPSA) is 218 Å². The van der Waals surface area contributed by atoms with Crippen LogP contribution in [0.2, 0.25) is 0 Å². The largest absolute Gasteiger partial charge is 0.379 e. The maximum atomic E-state index is 11.2. The lowest BCUT2D eigenvalue weighted by Crippen LogP contribution is -2.16. The molecule has 0 radical (unpaired) electrons. The van der Waals surface area contributed by atoms with Crippen molar-refractivity contribution in [1.29, 1.82) is 0 Å². The number of non-ortho nitro benzene ring substituents is 1. The van der Waals surface area contributed by atoms with Gasteiger partial charge in [0.25, 0.3) is 11.4 Å². The zero-order valence-corrected chi connectivity index (χ0v) is 33.8. The first-order valence-electron chi connectivity index (χ1n) is 19.7. The number of ether oxygens (including phenoxy) is 13. The standard InChI is InChI=1S/C37H67N3O17/c1-2-3-4-8-45-10-12-47-14-16-49-18-20-51-22-24-53-26-28-55-30-32-57-33-31-56-29-27-54-25-23-52-21-19-50-17-15-48-13-11-46-9-7-38-36-6-5-35(39(41)42)34-37(36)40(43)44/h5-6,34,38H,2-4,7-33H2,1H3. The predicted octanol–water partition coefficient (Wildman–Crippen LogP) is 3.32. The Bertz CT molecular complexity index is 1060. The predicted molar refractivity (Wildman–Crippen MR) is 208 cm³/mol. The van der Waals surface area contributed by atoms with Gasteiger partial charge in [-0.05, 0) is 12.5 Å². The van der Waals surface area contributed by atoms with Gasteiger partial charge < -0.3 is 66.9 Å². The van der Waals surface area contributed by atoms with Crippen LogP contribution in [0.5, 0.6) is 0 Å². The van der Waals surface area contributed by atoms with Gasteiger partial charge in [-0.3, -0.25) is 20.2 Å². The molecule has 0 amide bonds. The number of nitrogens with one attached hydrogen (secondary N) is 1. The third-order valence-corrected chi connectivity index (χ3v) is 7.31. The van der Waals surface area contributed by atoms with Crippen molar-refractivity contribution in [2.75, 3.05) is 184 Å². The van der Waals surface area contributed by atoms with Gasteiger partial charge in [0.15, 0.2) is 0 Å². The molecule has 332 valence electrons. The SMILES string of the molecule is CCCCCOCCOCCOCCOCCOCCOCCOCCOCCOCCOCCOCCOCCOCCNc1ccc([N+](=O)[O-])cc1[N+](=O)[O-]. The van der Waals surface area contributed by atoms with E-state index in [1.54, 1.807) is 0 Å². The molecule has 1 rings (SSSR count). The lowest BCUT2D eigenvalue weighted by molar-refractivity contribution is -0.393. The van der Waals surface area contributed by atoms with Crippen molar-refractivity contribution in [3.63, 3.8) is 0 Å². The van der Waals surface area contributed by atoms with E-state index in [0.29, 0.717) is 159 Å². The molecule has 1 aromatic rings. The molecule has 20 nitrogen and oxygen atoms in total. The van der Waals surface area contributed by atoms with E-state index < -0.39 is 9.85 Å². The molecular weight excluding hydrogens is 758 g/mol. The number of benzene rings is 1. The van der Waals surface area contributed by atoms with Crippen molar-refractivity contribution < 1.29 is 71.4 Å². The van der Waals surface area contributed by atoms with Gasteiger partial charge in [0.05, 0.1) is 181 Å². The smallest absolute Gasteiger partial charge is 0.299 e. The highest BCUT2D eigenvalue weighted by Gasteiger charge is 2.19. The molecule has 0 aliphatic heterocycles. The minimum atomic E-state index is -0.681. The number of hydrogen-bond donors (Lipinski definition) is 1. The van der Waals surface area contributed by atoms with Crippen molar-refractivity contribution >= 4 is 17.1 Å². The van der Waals surface area contributed by atoms with Crippen molar-refractivity contribution in [3.8, 4) is 0 Å². The van der Waals surface area contributed by atoms with E-state index in [1.807, 2.05) is 0 Å². The molecule has 0 fully saturated rings. The van der Waals surface area contributed by atoms with Crippen LogP contribution in [-0.4, -0.2) is 188 Å². The third-order valence-electron chi connectivity index (χ3n) is 7.31. The van der Waals surface area contributed by atoms with Crippen LogP contribution in [0.3, 0.4) is 0 Å². The Labute approximate surface area is 336 Å². The van der Waals surface area contributed by atoms with Gasteiger partial charge in [0, 0.05) is 19.2 Å². The minimum absolute atomic E-state index is 0.184. The number of nitro groups is 2. The maximum Gasteiger partial charge on any atom is 0.299 e. The van der Waals surface area contributed by atoms with Crippen molar-refractivity contribution in [3.05, 3.63) is 38.4 Å². The van der Waals surface area contributed by atoms with E-state index in [1.165, 1.54) is 25.0 Å². The molecule has 0 aliphatic rings. The molecule has 1 N–H and O–H groups in total. The molecule has 57 heavy (non-hydrogen) atoms. The average Bonchev–Trinajstić information content (AvgIpc) is 3.21. The van der Waals surface area contributed by atoms with Crippen LogP contribution >= 0.6 is 0 Å². The van der Waals surface area contributed by atoms with Crippen LogP contribution in [0.25, 0.3) is 0 Å². The highest BCUT2D eigenvalue weighted by molar-refractivity contribution is 5.65. The summed E-state index contributed by atoms with van der Waals surface area (Å²) in [6.07, 6.45) is 3.51. The van der Waals surface area contributed by atoms with E-state index in [-0.39, 0.29) is 30.2 Å². The van der Waals surface area contributed by atoms with Gasteiger partial charge >= 0.3 is 0 Å². The molecule has 0 bridgehead atoms. The molecule has 0 unspecified atom stereocenters. The number of nitro benzene ring substituents is 2. The molecular formula is C37H67N3O17. The molecule has 0 aromatic heterocycles. The average molecular weight is 826 g/mol. The second-order valence-electron chi connectivity index (χ2n) is 11.8. The minimum Gasteiger partial charge on any atom is -0.379 e. The monoisotopic (exact) mass is 825 g/mol. The van der Waals surface area contributed by atoms with Crippen molar-refractivity contribution in [2.45, 2.75) is 26.2 Å². The summed E-state index contributed by atoms with van der Waals surface area (Å²) in [6, 6.07) is 3.43.